The van der Waals surface area contributed by atoms with Crippen molar-refractivity contribution < 1.29 is 8.78 Å². The van der Waals surface area contributed by atoms with E-state index in [0.717, 1.165) is 31.3 Å². The van der Waals surface area contributed by atoms with Crippen molar-refractivity contribution in [3.63, 3.8) is 0 Å². The predicted molar refractivity (Wildman–Crippen MR) is 96.3 cm³/mol. The van der Waals surface area contributed by atoms with Gasteiger partial charge in [-0.05, 0) is 50.5 Å². The quantitative estimate of drug-likeness (QED) is 0.378. The molecule has 22 heavy (non-hydrogen) atoms. The molecule has 0 spiro atoms. The monoisotopic (exact) mass is 316 g/mol. The summed E-state index contributed by atoms with van der Waals surface area (Å²) in [5, 5.41) is 0. The second kappa shape index (κ2) is 14.0. The molecule has 0 aromatic rings. The summed E-state index contributed by atoms with van der Waals surface area (Å²) >= 11 is 0. The van der Waals surface area contributed by atoms with Crippen LogP contribution in [0.25, 0.3) is 0 Å². The van der Waals surface area contributed by atoms with Gasteiger partial charge in [0.05, 0.1) is 0 Å². The predicted octanol–water partition coefficient (Wildman–Crippen LogP) is 8.01. The Hall–Kier alpha value is -0.660. The number of rotatable bonds is 9. The summed E-state index contributed by atoms with van der Waals surface area (Å²) in [7, 11) is 0. The zero-order valence-electron chi connectivity index (χ0n) is 16.1. The Morgan fingerprint density at radius 3 is 1.86 bits per heavy atom. The van der Waals surface area contributed by atoms with Crippen LogP contribution in [0.5, 0.6) is 0 Å². The van der Waals surface area contributed by atoms with Gasteiger partial charge in [-0.1, -0.05) is 66.4 Å². The molecule has 0 amide bonds. The van der Waals surface area contributed by atoms with Gasteiger partial charge in [-0.3, -0.25) is 0 Å². The molecule has 2 heteroatoms. The second-order valence-electron chi connectivity index (χ2n) is 6.34. The molecule has 3 unspecified atom stereocenters. The molecule has 0 saturated heterocycles. The van der Waals surface area contributed by atoms with Crippen molar-refractivity contribution in [2.45, 2.75) is 87.5 Å². The Morgan fingerprint density at radius 2 is 1.41 bits per heavy atom. The van der Waals surface area contributed by atoms with E-state index in [4.69, 9.17) is 0 Å². The van der Waals surface area contributed by atoms with E-state index in [1.165, 1.54) is 25.3 Å². The summed E-state index contributed by atoms with van der Waals surface area (Å²) < 4.78 is 25.9. The lowest BCUT2D eigenvalue weighted by Gasteiger charge is -2.22. The van der Waals surface area contributed by atoms with Crippen molar-refractivity contribution in [3.8, 4) is 0 Å². The van der Waals surface area contributed by atoms with Crippen LogP contribution in [0, 0.1) is 17.8 Å². The average Bonchev–Trinajstić information content (AvgIpc) is 2.51. The Balaban J connectivity index is 0. The molecule has 0 heterocycles. The van der Waals surface area contributed by atoms with Crippen molar-refractivity contribution in [2.75, 3.05) is 0 Å². The van der Waals surface area contributed by atoms with Crippen LogP contribution in [0.3, 0.4) is 0 Å². The molecule has 0 nitrogen and oxygen atoms in total. The van der Waals surface area contributed by atoms with Crippen LogP contribution in [0.1, 0.15) is 87.5 Å². The van der Waals surface area contributed by atoms with Crippen LogP contribution in [0.15, 0.2) is 23.3 Å². The van der Waals surface area contributed by atoms with Crippen molar-refractivity contribution in [2.24, 2.45) is 17.8 Å². The van der Waals surface area contributed by atoms with Gasteiger partial charge in [0.1, 0.15) is 5.83 Å². The molecular formula is C20H38F2. The lowest BCUT2D eigenvalue weighted by molar-refractivity contribution is 0.317. The fourth-order valence-corrected chi connectivity index (χ4v) is 2.28. The molecule has 0 fully saturated rings. The van der Waals surface area contributed by atoms with E-state index in [1.54, 1.807) is 0 Å². The first kappa shape index (κ1) is 23.6. The topological polar surface area (TPSA) is 0 Å². The lowest BCUT2D eigenvalue weighted by atomic mass is 9.84. The number of unbranched alkanes of at least 4 members (excludes halogenated alkanes) is 1. The van der Waals surface area contributed by atoms with Gasteiger partial charge in [-0.2, -0.15) is 0 Å². The van der Waals surface area contributed by atoms with Crippen molar-refractivity contribution in [3.05, 3.63) is 23.3 Å². The molecule has 0 aromatic carbocycles. The van der Waals surface area contributed by atoms with Crippen LogP contribution < -0.4 is 0 Å². The minimum absolute atomic E-state index is 0.306. The van der Waals surface area contributed by atoms with Gasteiger partial charge in [-0.15, -0.1) is 0 Å². The van der Waals surface area contributed by atoms with Crippen LogP contribution in [-0.2, 0) is 0 Å². The Morgan fingerprint density at radius 1 is 0.909 bits per heavy atom. The SMILES string of the molecule is CC.CCCCC(C)C(C)CCC(C)/C(C)=C/C(F)=C(\C)F. The highest BCUT2D eigenvalue weighted by atomic mass is 19.2. The van der Waals surface area contributed by atoms with E-state index in [-0.39, 0.29) is 0 Å². The molecule has 0 radical (unpaired) electrons. The first-order valence-electron chi connectivity index (χ1n) is 8.99. The molecule has 3 atom stereocenters. The minimum atomic E-state index is -0.738. The fourth-order valence-electron chi connectivity index (χ4n) is 2.28. The average molecular weight is 317 g/mol. The van der Waals surface area contributed by atoms with Gasteiger partial charge in [0.2, 0.25) is 0 Å². The largest absolute Gasteiger partial charge is 0.209 e. The zero-order valence-corrected chi connectivity index (χ0v) is 16.1. The van der Waals surface area contributed by atoms with E-state index in [1.807, 2.05) is 20.8 Å². The minimum Gasteiger partial charge on any atom is -0.209 e. The normalized spacial score (nSPS) is 17.1. The third-order valence-electron chi connectivity index (χ3n) is 4.50. The third kappa shape index (κ3) is 11.0. The molecule has 0 rings (SSSR count). The van der Waals surface area contributed by atoms with Gasteiger partial charge in [0.25, 0.3) is 0 Å². The summed E-state index contributed by atoms with van der Waals surface area (Å²) in [5.41, 5.74) is 0.924. The highest BCUT2D eigenvalue weighted by Crippen LogP contribution is 2.27. The van der Waals surface area contributed by atoms with E-state index in [2.05, 4.69) is 27.7 Å². The molecular weight excluding hydrogens is 278 g/mol. The molecule has 0 aliphatic carbocycles. The van der Waals surface area contributed by atoms with Crippen LogP contribution in [0.2, 0.25) is 0 Å². The van der Waals surface area contributed by atoms with E-state index < -0.39 is 11.7 Å². The van der Waals surface area contributed by atoms with Crippen LogP contribution in [0.4, 0.5) is 8.78 Å². The summed E-state index contributed by atoms with van der Waals surface area (Å²) in [4.78, 5) is 0. The van der Waals surface area contributed by atoms with Crippen LogP contribution >= 0.6 is 0 Å². The number of allylic oxidation sites excluding steroid dienone is 4. The maximum absolute atomic E-state index is 13.2. The fraction of sp³-hybridized carbons (Fsp3) is 0.800. The number of halogens is 2. The molecule has 0 aromatic heterocycles. The van der Waals surface area contributed by atoms with Gasteiger partial charge < -0.3 is 0 Å². The molecule has 0 aliphatic rings. The molecule has 132 valence electrons. The smallest absolute Gasteiger partial charge is 0.154 e. The molecule has 0 bridgehead atoms. The van der Waals surface area contributed by atoms with Crippen molar-refractivity contribution in [1.82, 2.24) is 0 Å². The lowest BCUT2D eigenvalue weighted by Crippen LogP contribution is -2.10. The van der Waals surface area contributed by atoms with Gasteiger partial charge in [0, 0.05) is 0 Å². The van der Waals surface area contributed by atoms with Gasteiger partial charge in [-0.25, -0.2) is 8.78 Å². The number of hydrogen-bond donors (Lipinski definition) is 0. The van der Waals surface area contributed by atoms with Gasteiger partial charge >= 0.3 is 0 Å². The highest BCUT2D eigenvalue weighted by molar-refractivity contribution is 5.20. The van der Waals surface area contributed by atoms with E-state index in [9.17, 15) is 8.78 Å². The first-order chi connectivity index (χ1) is 10.3. The molecule has 0 saturated carbocycles. The maximum atomic E-state index is 13.2. The second-order valence-corrected chi connectivity index (χ2v) is 6.34. The standard InChI is InChI=1S/C18H32F2.C2H6/c1-7-8-9-13(2)14(3)10-11-15(4)16(5)12-18(20)17(6)19;1-2/h12-15H,7-11H2,1-6H3;1-2H3/b16-12+,18-17-;. The Bertz CT molecular complexity index is 325. The summed E-state index contributed by atoms with van der Waals surface area (Å²) in [6.45, 7) is 16.0. The summed E-state index contributed by atoms with van der Waals surface area (Å²) in [6.07, 6.45) is 7.37. The van der Waals surface area contributed by atoms with Crippen LogP contribution in [-0.4, -0.2) is 0 Å². The Kier molecular flexibility index (Phi) is 15.0. The molecule has 0 aliphatic heterocycles. The molecule has 0 N–H and O–H groups in total. The zero-order chi connectivity index (χ0) is 17.7. The van der Waals surface area contributed by atoms with E-state index >= 15 is 0 Å². The third-order valence-corrected chi connectivity index (χ3v) is 4.50. The van der Waals surface area contributed by atoms with Crippen molar-refractivity contribution >= 4 is 0 Å². The van der Waals surface area contributed by atoms with Gasteiger partial charge in [0.15, 0.2) is 5.83 Å². The summed E-state index contributed by atoms with van der Waals surface area (Å²) in [5.74, 6) is 0.272. The maximum Gasteiger partial charge on any atom is 0.154 e. The highest BCUT2D eigenvalue weighted by Gasteiger charge is 2.14. The first-order valence-corrected chi connectivity index (χ1v) is 8.99. The summed E-state index contributed by atoms with van der Waals surface area (Å²) in [6, 6.07) is 0. The number of hydrogen-bond acceptors (Lipinski definition) is 0. The van der Waals surface area contributed by atoms with E-state index in [0.29, 0.717) is 11.8 Å². The van der Waals surface area contributed by atoms with Crippen molar-refractivity contribution in [1.29, 1.82) is 0 Å². The Labute approximate surface area is 138 Å².